The number of furan rings is 1. The van der Waals surface area contributed by atoms with Gasteiger partial charge < -0.3 is 4.42 Å². The lowest BCUT2D eigenvalue weighted by atomic mass is 9.97. The molecule has 0 aliphatic carbocycles. The van der Waals surface area contributed by atoms with Crippen LogP contribution >= 0.6 is 0 Å². The van der Waals surface area contributed by atoms with Crippen LogP contribution in [0, 0.1) is 27.7 Å². The molecule has 0 saturated heterocycles. The van der Waals surface area contributed by atoms with Crippen molar-refractivity contribution in [3.05, 3.63) is 58.0 Å². The number of ketones is 1. The Hall–Kier alpha value is -1.83. The zero-order chi connectivity index (χ0) is 12.6. The fraction of sp³-hybridized carbons (Fsp3) is 0.267. The second kappa shape index (κ2) is 4.21. The van der Waals surface area contributed by atoms with Gasteiger partial charge in [-0.05, 0) is 45.4 Å². The third-order valence-electron chi connectivity index (χ3n) is 2.92. The summed E-state index contributed by atoms with van der Waals surface area (Å²) in [5.74, 6) is 1.50. The van der Waals surface area contributed by atoms with E-state index in [0.29, 0.717) is 11.3 Å². The van der Waals surface area contributed by atoms with Crippen LogP contribution in [0.5, 0.6) is 0 Å². The van der Waals surface area contributed by atoms with E-state index in [4.69, 9.17) is 4.42 Å². The first-order valence-electron chi connectivity index (χ1n) is 5.68. The fourth-order valence-corrected chi connectivity index (χ4v) is 1.98. The van der Waals surface area contributed by atoms with Gasteiger partial charge in [0.2, 0.25) is 0 Å². The zero-order valence-corrected chi connectivity index (χ0v) is 10.6. The van der Waals surface area contributed by atoms with Gasteiger partial charge in [0, 0.05) is 5.56 Å². The van der Waals surface area contributed by atoms with Gasteiger partial charge in [-0.1, -0.05) is 17.7 Å². The van der Waals surface area contributed by atoms with Gasteiger partial charge >= 0.3 is 0 Å². The highest BCUT2D eigenvalue weighted by Gasteiger charge is 2.17. The smallest absolute Gasteiger partial charge is 0.196 e. The maximum Gasteiger partial charge on any atom is 0.196 e. The maximum atomic E-state index is 12.4. The SMILES string of the molecule is Cc1ccc(C)c(C(=O)c2cc(C)oc2C)c1. The molecule has 2 aromatic rings. The summed E-state index contributed by atoms with van der Waals surface area (Å²) in [5.41, 5.74) is 3.51. The Labute approximate surface area is 101 Å². The predicted molar refractivity (Wildman–Crippen MR) is 67.5 cm³/mol. The van der Waals surface area contributed by atoms with Crippen LogP contribution in [0.2, 0.25) is 0 Å². The Balaban J connectivity index is 2.50. The van der Waals surface area contributed by atoms with Gasteiger partial charge in [0.15, 0.2) is 5.78 Å². The van der Waals surface area contributed by atoms with Crippen LogP contribution < -0.4 is 0 Å². The summed E-state index contributed by atoms with van der Waals surface area (Å²) in [6.45, 7) is 7.62. The lowest BCUT2D eigenvalue weighted by molar-refractivity contribution is 0.103. The van der Waals surface area contributed by atoms with Gasteiger partial charge in [0.05, 0.1) is 5.56 Å². The summed E-state index contributed by atoms with van der Waals surface area (Å²) in [5, 5.41) is 0. The molecule has 0 aliphatic heterocycles. The highest BCUT2D eigenvalue weighted by molar-refractivity contribution is 6.10. The first kappa shape index (κ1) is 11.6. The predicted octanol–water partition coefficient (Wildman–Crippen LogP) is 3.74. The van der Waals surface area contributed by atoms with E-state index >= 15 is 0 Å². The summed E-state index contributed by atoms with van der Waals surface area (Å²) >= 11 is 0. The number of rotatable bonds is 2. The van der Waals surface area contributed by atoms with E-state index in [2.05, 4.69) is 0 Å². The molecule has 1 heterocycles. The Kier molecular flexibility index (Phi) is 2.88. The summed E-state index contributed by atoms with van der Waals surface area (Å²) in [6, 6.07) is 7.73. The summed E-state index contributed by atoms with van der Waals surface area (Å²) < 4.78 is 5.41. The van der Waals surface area contributed by atoms with Crippen molar-refractivity contribution in [2.45, 2.75) is 27.7 Å². The molecular weight excluding hydrogens is 212 g/mol. The monoisotopic (exact) mass is 228 g/mol. The van der Waals surface area contributed by atoms with E-state index in [1.807, 2.05) is 45.9 Å². The topological polar surface area (TPSA) is 30.2 Å². The molecule has 1 aromatic heterocycles. The molecule has 88 valence electrons. The molecule has 0 radical (unpaired) electrons. The van der Waals surface area contributed by atoms with E-state index in [9.17, 15) is 4.79 Å². The average Bonchev–Trinajstić information content (AvgIpc) is 2.60. The highest BCUT2D eigenvalue weighted by Crippen LogP contribution is 2.20. The molecule has 0 bridgehead atoms. The molecule has 0 N–H and O–H groups in total. The molecule has 0 spiro atoms. The maximum absolute atomic E-state index is 12.4. The average molecular weight is 228 g/mol. The van der Waals surface area contributed by atoms with E-state index in [-0.39, 0.29) is 5.78 Å². The van der Waals surface area contributed by atoms with E-state index in [0.717, 1.165) is 22.5 Å². The molecule has 0 aliphatic rings. The Morgan fingerprint density at radius 1 is 1.00 bits per heavy atom. The minimum Gasteiger partial charge on any atom is -0.466 e. The van der Waals surface area contributed by atoms with Crippen LogP contribution in [0.15, 0.2) is 28.7 Å². The van der Waals surface area contributed by atoms with Crippen molar-refractivity contribution < 1.29 is 9.21 Å². The second-order valence-electron chi connectivity index (χ2n) is 4.47. The number of benzene rings is 1. The fourth-order valence-electron chi connectivity index (χ4n) is 1.98. The van der Waals surface area contributed by atoms with Crippen LogP contribution in [0.1, 0.15) is 38.6 Å². The lowest BCUT2D eigenvalue weighted by Gasteiger charge is -2.05. The second-order valence-corrected chi connectivity index (χ2v) is 4.47. The summed E-state index contributed by atoms with van der Waals surface area (Å²) in [6.07, 6.45) is 0. The van der Waals surface area contributed by atoms with Gasteiger partial charge in [0.25, 0.3) is 0 Å². The van der Waals surface area contributed by atoms with Gasteiger partial charge in [-0.2, -0.15) is 0 Å². The molecule has 0 saturated carbocycles. The van der Waals surface area contributed by atoms with E-state index < -0.39 is 0 Å². The minimum atomic E-state index is 0.0422. The quantitative estimate of drug-likeness (QED) is 0.733. The van der Waals surface area contributed by atoms with Crippen molar-refractivity contribution in [1.82, 2.24) is 0 Å². The molecule has 2 heteroatoms. The van der Waals surface area contributed by atoms with Gasteiger partial charge in [0.1, 0.15) is 11.5 Å². The number of carbonyl (C=O) groups excluding carboxylic acids is 1. The van der Waals surface area contributed by atoms with Crippen molar-refractivity contribution in [1.29, 1.82) is 0 Å². The molecule has 2 nitrogen and oxygen atoms in total. The van der Waals surface area contributed by atoms with Crippen LogP contribution in [0.4, 0.5) is 0 Å². The standard InChI is InChI=1S/C15H16O2/c1-9-5-6-10(2)13(7-9)15(16)14-8-11(3)17-12(14)4/h5-8H,1-4H3. The molecule has 0 unspecified atom stereocenters. The molecular formula is C15H16O2. The first-order valence-corrected chi connectivity index (χ1v) is 5.68. The Morgan fingerprint density at radius 3 is 2.29 bits per heavy atom. The largest absolute Gasteiger partial charge is 0.466 e. The molecule has 0 atom stereocenters. The van der Waals surface area contributed by atoms with Gasteiger partial charge in [-0.3, -0.25) is 4.79 Å². The van der Waals surface area contributed by atoms with Crippen LogP contribution in [0.25, 0.3) is 0 Å². The Morgan fingerprint density at radius 2 is 1.71 bits per heavy atom. The molecule has 0 fully saturated rings. The van der Waals surface area contributed by atoms with Crippen molar-refractivity contribution in [2.24, 2.45) is 0 Å². The van der Waals surface area contributed by atoms with Crippen LogP contribution in [0.3, 0.4) is 0 Å². The third kappa shape index (κ3) is 2.16. The van der Waals surface area contributed by atoms with Crippen LogP contribution in [-0.2, 0) is 0 Å². The number of hydrogen-bond acceptors (Lipinski definition) is 2. The number of carbonyl (C=O) groups is 1. The first-order chi connectivity index (χ1) is 7.99. The molecule has 0 amide bonds. The third-order valence-corrected chi connectivity index (χ3v) is 2.92. The Bertz CT molecular complexity index is 577. The summed E-state index contributed by atoms with van der Waals surface area (Å²) in [4.78, 5) is 12.4. The van der Waals surface area contributed by atoms with Crippen LogP contribution in [-0.4, -0.2) is 5.78 Å². The van der Waals surface area contributed by atoms with Gasteiger partial charge in [-0.15, -0.1) is 0 Å². The van der Waals surface area contributed by atoms with E-state index in [1.54, 1.807) is 6.07 Å². The van der Waals surface area contributed by atoms with Crippen molar-refractivity contribution in [2.75, 3.05) is 0 Å². The number of aryl methyl sites for hydroxylation is 4. The molecule has 17 heavy (non-hydrogen) atoms. The van der Waals surface area contributed by atoms with Crippen molar-refractivity contribution in [3.8, 4) is 0 Å². The zero-order valence-electron chi connectivity index (χ0n) is 10.6. The molecule has 2 rings (SSSR count). The lowest BCUT2D eigenvalue weighted by Crippen LogP contribution is -2.04. The van der Waals surface area contributed by atoms with Crippen molar-refractivity contribution in [3.63, 3.8) is 0 Å². The molecule has 1 aromatic carbocycles. The summed E-state index contributed by atoms with van der Waals surface area (Å²) in [7, 11) is 0. The minimum absolute atomic E-state index is 0.0422. The number of hydrogen-bond donors (Lipinski definition) is 0. The van der Waals surface area contributed by atoms with Crippen molar-refractivity contribution >= 4 is 5.78 Å². The van der Waals surface area contributed by atoms with Gasteiger partial charge in [-0.25, -0.2) is 0 Å². The normalized spacial score (nSPS) is 10.6. The highest BCUT2D eigenvalue weighted by atomic mass is 16.3. The van der Waals surface area contributed by atoms with E-state index in [1.165, 1.54) is 0 Å².